The van der Waals surface area contributed by atoms with E-state index in [1.54, 1.807) is 0 Å². The van der Waals surface area contributed by atoms with Crippen molar-refractivity contribution in [2.75, 3.05) is 32.8 Å². The number of ether oxygens (including phenoxy) is 4. The second-order valence-electron chi connectivity index (χ2n) is 8.49. The Morgan fingerprint density at radius 1 is 1.16 bits per heavy atom. The van der Waals surface area contributed by atoms with Gasteiger partial charge in [-0.1, -0.05) is 13.0 Å². The molecule has 37 heavy (non-hydrogen) atoms. The van der Waals surface area contributed by atoms with Crippen molar-refractivity contribution in [1.82, 2.24) is 4.98 Å². The van der Waals surface area contributed by atoms with Crippen LogP contribution in [0.2, 0.25) is 0 Å². The third-order valence-electron chi connectivity index (χ3n) is 6.32. The van der Waals surface area contributed by atoms with E-state index in [2.05, 4.69) is 15.0 Å². The zero-order valence-electron chi connectivity index (χ0n) is 20.3. The lowest BCUT2D eigenvalue weighted by Crippen LogP contribution is -2.47. The second-order valence-corrected chi connectivity index (χ2v) is 8.49. The second kappa shape index (κ2) is 11.0. The van der Waals surface area contributed by atoms with Crippen molar-refractivity contribution in [2.45, 2.75) is 37.6 Å². The van der Waals surface area contributed by atoms with Crippen molar-refractivity contribution in [2.24, 2.45) is 5.92 Å². The van der Waals surface area contributed by atoms with Crippen LogP contribution >= 0.6 is 0 Å². The van der Waals surface area contributed by atoms with Crippen LogP contribution in [0.3, 0.4) is 0 Å². The summed E-state index contributed by atoms with van der Waals surface area (Å²) in [4.78, 5) is 28.8. The standard InChI is InChI=1S/C24H25F5N2O6/c1-12-17(14-5-6-15(25)18(26)19(14)36-10-9-34-3)20(37-23(12,2)24(27,28)29)21(32)31-13-7-8-30-16(11-13)22(33)35-4/h5-8,11-12,17,20H,9-10H2,1-4H3,(H,30,31,32)/t12-,17-,20+,23+/m0/s1. The van der Waals surface area contributed by atoms with Crippen molar-refractivity contribution < 1.29 is 50.5 Å². The summed E-state index contributed by atoms with van der Waals surface area (Å²) in [6, 6.07) is 4.27. The predicted molar refractivity (Wildman–Crippen MR) is 119 cm³/mol. The number of pyridine rings is 1. The summed E-state index contributed by atoms with van der Waals surface area (Å²) in [5.41, 5.74) is -3.13. The summed E-state index contributed by atoms with van der Waals surface area (Å²) in [5.74, 6) is -7.99. The summed E-state index contributed by atoms with van der Waals surface area (Å²) in [7, 11) is 2.47. The number of benzene rings is 1. The molecule has 1 fully saturated rings. The maximum atomic E-state index is 14.8. The van der Waals surface area contributed by atoms with E-state index in [0.29, 0.717) is 0 Å². The minimum absolute atomic E-state index is 0.0130. The maximum Gasteiger partial charge on any atom is 0.417 e. The molecular weight excluding hydrogens is 507 g/mol. The summed E-state index contributed by atoms with van der Waals surface area (Å²) >= 11 is 0. The van der Waals surface area contributed by atoms with Gasteiger partial charge in [-0.15, -0.1) is 0 Å². The lowest BCUT2D eigenvalue weighted by molar-refractivity contribution is -0.272. The molecule has 1 aliphatic rings. The molecule has 202 valence electrons. The lowest BCUT2D eigenvalue weighted by Gasteiger charge is -2.32. The van der Waals surface area contributed by atoms with Gasteiger partial charge in [0.15, 0.2) is 17.2 Å². The van der Waals surface area contributed by atoms with Crippen molar-refractivity contribution in [3.8, 4) is 5.75 Å². The third kappa shape index (κ3) is 5.52. The number of nitrogens with one attached hydrogen (secondary N) is 1. The minimum atomic E-state index is -4.91. The van der Waals surface area contributed by atoms with Crippen LogP contribution in [0, 0.1) is 17.6 Å². The average molecular weight is 532 g/mol. The Kier molecular flexibility index (Phi) is 8.38. The van der Waals surface area contributed by atoms with Crippen LogP contribution in [0.25, 0.3) is 0 Å². The Morgan fingerprint density at radius 3 is 2.49 bits per heavy atom. The first kappa shape index (κ1) is 28.3. The van der Waals surface area contributed by atoms with Crippen molar-refractivity contribution in [3.63, 3.8) is 0 Å². The van der Waals surface area contributed by atoms with Crippen LogP contribution in [0.15, 0.2) is 30.5 Å². The van der Waals surface area contributed by atoms with Crippen LogP contribution in [-0.4, -0.2) is 62.2 Å². The molecule has 1 aromatic heterocycles. The molecule has 1 aliphatic heterocycles. The molecule has 0 bridgehead atoms. The van der Waals surface area contributed by atoms with E-state index < -0.39 is 59.0 Å². The number of halogens is 5. The SMILES string of the molecule is COCCOc1c([C@H]2[C@H](C(=O)Nc3ccnc(C(=O)OC)c3)O[C@@](C)(C(F)(F)F)[C@H]2C)ccc(F)c1F. The Balaban J connectivity index is 2.06. The number of anilines is 1. The van der Waals surface area contributed by atoms with Gasteiger partial charge in [0.1, 0.15) is 18.4 Å². The average Bonchev–Trinajstić information content (AvgIpc) is 3.13. The van der Waals surface area contributed by atoms with Crippen LogP contribution in [0.1, 0.15) is 35.8 Å². The van der Waals surface area contributed by atoms with Gasteiger partial charge in [-0.05, 0) is 25.1 Å². The van der Waals surface area contributed by atoms with E-state index in [4.69, 9.17) is 14.2 Å². The number of esters is 1. The number of alkyl halides is 3. The van der Waals surface area contributed by atoms with E-state index in [-0.39, 0.29) is 30.2 Å². The van der Waals surface area contributed by atoms with Crippen LogP contribution in [0.4, 0.5) is 27.6 Å². The maximum absolute atomic E-state index is 14.8. The molecule has 0 aliphatic carbocycles. The first-order chi connectivity index (χ1) is 17.4. The number of aromatic nitrogens is 1. The molecule has 1 N–H and O–H groups in total. The fraction of sp³-hybridized carbons (Fsp3) is 0.458. The molecule has 0 radical (unpaired) electrons. The summed E-state index contributed by atoms with van der Waals surface area (Å²) in [6.45, 7) is 1.74. The highest BCUT2D eigenvalue weighted by molar-refractivity contribution is 5.96. The number of nitrogens with zero attached hydrogens (tertiary/aromatic N) is 1. The van der Waals surface area contributed by atoms with Crippen LogP contribution in [0.5, 0.6) is 5.75 Å². The predicted octanol–water partition coefficient (Wildman–Crippen LogP) is 4.25. The van der Waals surface area contributed by atoms with E-state index in [1.165, 1.54) is 26.3 Å². The van der Waals surface area contributed by atoms with Gasteiger partial charge in [0, 0.05) is 36.4 Å². The van der Waals surface area contributed by atoms with Gasteiger partial charge in [0.25, 0.3) is 5.91 Å². The van der Waals surface area contributed by atoms with Crippen LogP contribution < -0.4 is 10.1 Å². The number of hydrogen-bond acceptors (Lipinski definition) is 7. The fourth-order valence-corrected chi connectivity index (χ4v) is 4.14. The molecule has 0 unspecified atom stereocenters. The highest BCUT2D eigenvalue weighted by Gasteiger charge is 2.66. The van der Waals surface area contributed by atoms with E-state index in [9.17, 15) is 31.5 Å². The molecule has 13 heteroatoms. The van der Waals surface area contributed by atoms with Crippen molar-refractivity contribution >= 4 is 17.6 Å². The highest BCUT2D eigenvalue weighted by atomic mass is 19.4. The Bertz CT molecular complexity index is 1160. The lowest BCUT2D eigenvalue weighted by atomic mass is 9.77. The number of amides is 1. The van der Waals surface area contributed by atoms with Crippen molar-refractivity contribution in [1.29, 1.82) is 0 Å². The minimum Gasteiger partial charge on any atom is -0.488 e. The van der Waals surface area contributed by atoms with Crippen molar-refractivity contribution in [3.05, 3.63) is 53.4 Å². The number of rotatable bonds is 8. The third-order valence-corrected chi connectivity index (χ3v) is 6.32. The molecule has 4 atom stereocenters. The molecule has 1 aromatic carbocycles. The Morgan fingerprint density at radius 2 is 1.86 bits per heavy atom. The molecular formula is C24H25F5N2O6. The molecule has 0 saturated carbocycles. The number of hydrogen-bond donors (Lipinski definition) is 1. The van der Waals surface area contributed by atoms with Gasteiger partial charge in [-0.25, -0.2) is 14.2 Å². The summed E-state index contributed by atoms with van der Waals surface area (Å²) in [6.07, 6.45) is -5.52. The van der Waals surface area contributed by atoms with E-state index in [0.717, 1.165) is 32.2 Å². The molecule has 8 nitrogen and oxygen atoms in total. The first-order valence-corrected chi connectivity index (χ1v) is 11.0. The fourth-order valence-electron chi connectivity index (χ4n) is 4.14. The normalized spacial score (nSPS) is 23.5. The Labute approximate surface area is 209 Å². The smallest absolute Gasteiger partial charge is 0.417 e. The topological polar surface area (TPSA) is 96.0 Å². The van der Waals surface area contributed by atoms with Gasteiger partial charge in [-0.2, -0.15) is 17.6 Å². The van der Waals surface area contributed by atoms with Gasteiger partial charge in [0.2, 0.25) is 5.82 Å². The molecule has 1 saturated heterocycles. The van der Waals surface area contributed by atoms with Gasteiger partial charge in [0.05, 0.1) is 13.7 Å². The molecule has 2 aromatic rings. The number of carbonyl (C=O) groups is 2. The van der Waals surface area contributed by atoms with Gasteiger partial charge in [-0.3, -0.25) is 4.79 Å². The molecule has 2 heterocycles. The largest absolute Gasteiger partial charge is 0.488 e. The number of carbonyl (C=O) groups excluding carboxylic acids is 2. The molecule has 3 rings (SSSR count). The van der Waals surface area contributed by atoms with Gasteiger partial charge >= 0.3 is 12.1 Å². The zero-order valence-corrected chi connectivity index (χ0v) is 20.3. The van der Waals surface area contributed by atoms with E-state index >= 15 is 0 Å². The Hall–Kier alpha value is -3.32. The summed E-state index contributed by atoms with van der Waals surface area (Å²) < 4.78 is 91.3. The zero-order chi connectivity index (χ0) is 27.5. The molecule has 0 spiro atoms. The number of methoxy groups -OCH3 is 2. The van der Waals surface area contributed by atoms with E-state index in [1.807, 2.05) is 0 Å². The van der Waals surface area contributed by atoms with Crippen LogP contribution in [-0.2, 0) is 19.0 Å². The summed E-state index contributed by atoms with van der Waals surface area (Å²) in [5, 5.41) is 2.40. The quantitative estimate of drug-likeness (QED) is 0.309. The highest BCUT2D eigenvalue weighted by Crippen LogP contribution is 2.55. The monoisotopic (exact) mass is 532 g/mol. The molecule has 1 amide bonds. The van der Waals surface area contributed by atoms with Gasteiger partial charge < -0.3 is 24.3 Å². The first-order valence-electron chi connectivity index (χ1n) is 11.0.